The molecule has 3 rings (SSSR count). The summed E-state index contributed by atoms with van der Waals surface area (Å²) in [6.45, 7) is 10.3. The Balaban J connectivity index is 1.65. The van der Waals surface area contributed by atoms with Crippen LogP contribution in [0, 0.1) is 13.8 Å². The minimum Gasteiger partial charge on any atom is -0.390 e. The van der Waals surface area contributed by atoms with Crippen LogP contribution in [0.3, 0.4) is 0 Å². The lowest BCUT2D eigenvalue weighted by atomic mass is 10.0. The van der Waals surface area contributed by atoms with Crippen molar-refractivity contribution < 1.29 is 9.90 Å². The van der Waals surface area contributed by atoms with Gasteiger partial charge in [-0.25, -0.2) is 9.97 Å². The molecule has 0 saturated carbocycles. The maximum absolute atomic E-state index is 11.5. The third-order valence-electron chi connectivity index (χ3n) is 5.57. The lowest BCUT2D eigenvalue weighted by Crippen LogP contribution is -2.48. The third kappa shape index (κ3) is 4.10. The van der Waals surface area contributed by atoms with Crippen LogP contribution in [-0.2, 0) is 4.79 Å². The molecule has 1 amide bonds. The number of anilines is 1. The molecule has 2 aliphatic heterocycles. The highest BCUT2D eigenvalue weighted by atomic mass is 16.3. The molecule has 0 aromatic carbocycles. The standard InChI is InChI=1S/C18H29N5O2/c1-13-14(2)19-12-20-18(13)23-9-8-22(10-17(25)11-23)16-4-6-21(7-5-16)15(3)24/h12,16-17,25H,4-11H2,1-3H3/t17-/m1/s1. The fourth-order valence-corrected chi connectivity index (χ4v) is 3.93. The summed E-state index contributed by atoms with van der Waals surface area (Å²) in [6, 6.07) is 0.443. The van der Waals surface area contributed by atoms with Crippen molar-refractivity contribution in [2.75, 3.05) is 44.2 Å². The van der Waals surface area contributed by atoms with E-state index in [1.807, 2.05) is 18.7 Å². The van der Waals surface area contributed by atoms with Gasteiger partial charge in [-0.05, 0) is 26.7 Å². The van der Waals surface area contributed by atoms with Gasteiger partial charge >= 0.3 is 0 Å². The molecule has 0 unspecified atom stereocenters. The molecule has 0 spiro atoms. The maximum Gasteiger partial charge on any atom is 0.219 e. The number of hydrogen-bond acceptors (Lipinski definition) is 6. The van der Waals surface area contributed by atoms with Gasteiger partial charge in [0.25, 0.3) is 0 Å². The second-order valence-electron chi connectivity index (χ2n) is 7.24. The summed E-state index contributed by atoms with van der Waals surface area (Å²) in [7, 11) is 0. The van der Waals surface area contributed by atoms with Crippen molar-refractivity contribution in [1.82, 2.24) is 19.8 Å². The summed E-state index contributed by atoms with van der Waals surface area (Å²) < 4.78 is 0. The molecule has 25 heavy (non-hydrogen) atoms. The van der Waals surface area contributed by atoms with Crippen molar-refractivity contribution in [2.24, 2.45) is 0 Å². The summed E-state index contributed by atoms with van der Waals surface area (Å²) in [5.41, 5.74) is 2.06. The molecule has 1 aromatic rings. The first-order valence-corrected chi connectivity index (χ1v) is 9.16. The number of amides is 1. The minimum atomic E-state index is -0.400. The first kappa shape index (κ1) is 18.1. The van der Waals surface area contributed by atoms with Gasteiger partial charge in [0.05, 0.1) is 6.10 Å². The molecule has 0 aliphatic carbocycles. The van der Waals surface area contributed by atoms with E-state index in [1.165, 1.54) is 0 Å². The highest BCUT2D eigenvalue weighted by Gasteiger charge is 2.30. The first-order chi connectivity index (χ1) is 12.0. The Hall–Kier alpha value is -1.73. The molecule has 0 bridgehead atoms. The molecular weight excluding hydrogens is 318 g/mol. The van der Waals surface area contributed by atoms with E-state index in [1.54, 1.807) is 13.3 Å². The van der Waals surface area contributed by atoms with E-state index >= 15 is 0 Å². The van der Waals surface area contributed by atoms with Crippen LogP contribution in [-0.4, -0.2) is 82.2 Å². The monoisotopic (exact) mass is 347 g/mol. The van der Waals surface area contributed by atoms with Gasteiger partial charge in [-0.2, -0.15) is 0 Å². The molecule has 1 atom stereocenters. The summed E-state index contributed by atoms with van der Waals surface area (Å²) >= 11 is 0. The van der Waals surface area contributed by atoms with Gasteiger partial charge in [-0.15, -0.1) is 0 Å². The Morgan fingerprint density at radius 1 is 1.12 bits per heavy atom. The number of hydrogen-bond donors (Lipinski definition) is 1. The van der Waals surface area contributed by atoms with Gasteiger partial charge in [-0.1, -0.05) is 0 Å². The van der Waals surface area contributed by atoms with E-state index in [4.69, 9.17) is 0 Å². The van der Waals surface area contributed by atoms with Crippen LogP contribution < -0.4 is 4.90 Å². The molecule has 0 radical (unpaired) electrons. The van der Waals surface area contributed by atoms with E-state index < -0.39 is 6.10 Å². The van der Waals surface area contributed by atoms with Crippen LogP contribution in [0.1, 0.15) is 31.0 Å². The number of aliphatic hydroxyl groups excluding tert-OH is 1. The van der Waals surface area contributed by atoms with E-state index in [0.717, 1.165) is 56.1 Å². The lowest BCUT2D eigenvalue weighted by Gasteiger charge is -2.38. The van der Waals surface area contributed by atoms with Crippen molar-refractivity contribution in [3.8, 4) is 0 Å². The highest BCUT2D eigenvalue weighted by molar-refractivity contribution is 5.73. The van der Waals surface area contributed by atoms with Crippen LogP contribution in [0.5, 0.6) is 0 Å². The van der Waals surface area contributed by atoms with Gasteiger partial charge in [0.15, 0.2) is 0 Å². The van der Waals surface area contributed by atoms with Crippen molar-refractivity contribution in [1.29, 1.82) is 0 Å². The lowest BCUT2D eigenvalue weighted by molar-refractivity contribution is -0.130. The molecular formula is C18H29N5O2. The molecule has 2 aliphatic rings. The largest absolute Gasteiger partial charge is 0.390 e. The predicted octanol–water partition coefficient (Wildman–Crippen LogP) is 0.587. The van der Waals surface area contributed by atoms with Gasteiger partial charge in [0, 0.05) is 63.5 Å². The number of carbonyl (C=O) groups excluding carboxylic acids is 1. The maximum atomic E-state index is 11.5. The summed E-state index contributed by atoms with van der Waals surface area (Å²) in [4.78, 5) is 26.7. The van der Waals surface area contributed by atoms with Crippen molar-refractivity contribution in [3.05, 3.63) is 17.6 Å². The average Bonchev–Trinajstić information content (AvgIpc) is 2.79. The Bertz CT molecular complexity index is 615. The van der Waals surface area contributed by atoms with Gasteiger partial charge in [-0.3, -0.25) is 9.69 Å². The van der Waals surface area contributed by atoms with E-state index in [9.17, 15) is 9.90 Å². The van der Waals surface area contributed by atoms with Crippen LogP contribution in [0.25, 0.3) is 0 Å². The van der Waals surface area contributed by atoms with E-state index in [-0.39, 0.29) is 5.91 Å². The van der Waals surface area contributed by atoms with Crippen molar-refractivity contribution in [2.45, 2.75) is 45.8 Å². The Morgan fingerprint density at radius 3 is 2.52 bits per heavy atom. The van der Waals surface area contributed by atoms with Crippen LogP contribution in [0.15, 0.2) is 6.33 Å². The number of aliphatic hydroxyl groups is 1. The SMILES string of the molecule is CC(=O)N1CCC(N2CCN(c3ncnc(C)c3C)C[C@H](O)C2)CC1. The third-order valence-corrected chi connectivity index (χ3v) is 5.57. The Labute approximate surface area is 149 Å². The second kappa shape index (κ2) is 7.66. The number of piperidine rings is 1. The number of likely N-dealkylation sites (tertiary alicyclic amines) is 1. The van der Waals surface area contributed by atoms with Crippen LogP contribution in [0.2, 0.25) is 0 Å². The van der Waals surface area contributed by atoms with Crippen LogP contribution in [0.4, 0.5) is 5.82 Å². The molecule has 2 saturated heterocycles. The molecule has 1 aromatic heterocycles. The number of carbonyl (C=O) groups is 1. The zero-order valence-corrected chi connectivity index (χ0v) is 15.5. The smallest absolute Gasteiger partial charge is 0.219 e. The number of aryl methyl sites for hydroxylation is 1. The van der Waals surface area contributed by atoms with Gasteiger partial charge in [0.1, 0.15) is 12.1 Å². The number of β-amino-alcohol motifs (C(OH)–C–C–N with tert-alkyl or cyclic N) is 1. The highest BCUT2D eigenvalue weighted by Crippen LogP contribution is 2.23. The van der Waals surface area contributed by atoms with Crippen molar-refractivity contribution in [3.63, 3.8) is 0 Å². The quantitative estimate of drug-likeness (QED) is 0.844. The second-order valence-corrected chi connectivity index (χ2v) is 7.24. The first-order valence-electron chi connectivity index (χ1n) is 9.16. The zero-order chi connectivity index (χ0) is 18.0. The fraction of sp³-hybridized carbons (Fsp3) is 0.722. The van der Waals surface area contributed by atoms with E-state index in [2.05, 4.69) is 19.8 Å². The predicted molar refractivity (Wildman–Crippen MR) is 96.6 cm³/mol. The molecule has 1 N–H and O–H groups in total. The number of nitrogens with zero attached hydrogens (tertiary/aromatic N) is 5. The average molecular weight is 347 g/mol. The Morgan fingerprint density at radius 2 is 1.84 bits per heavy atom. The molecule has 3 heterocycles. The van der Waals surface area contributed by atoms with Crippen molar-refractivity contribution >= 4 is 11.7 Å². The summed E-state index contributed by atoms with van der Waals surface area (Å²) in [5, 5.41) is 10.5. The zero-order valence-electron chi connectivity index (χ0n) is 15.5. The number of rotatable bonds is 2. The molecule has 2 fully saturated rings. The van der Waals surface area contributed by atoms with Gasteiger partial charge < -0.3 is 14.9 Å². The van der Waals surface area contributed by atoms with E-state index in [0.29, 0.717) is 19.1 Å². The minimum absolute atomic E-state index is 0.162. The van der Waals surface area contributed by atoms with Gasteiger partial charge in [0.2, 0.25) is 5.91 Å². The summed E-state index contributed by atoms with van der Waals surface area (Å²) in [5.74, 6) is 1.09. The fourth-order valence-electron chi connectivity index (χ4n) is 3.93. The summed E-state index contributed by atoms with van der Waals surface area (Å²) in [6.07, 6.45) is 3.17. The molecule has 138 valence electrons. The van der Waals surface area contributed by atoms with Crippen LogP contribution >= 0.6 is 0 Å². The number of aromatic nitrogens is 2. The Kier molecular flexibility index (Phi) is 5.54. The molecule has 7 nitrogen and oxygen atoms in total. The topological polar surface area (TPSA) is 72.8 Å². The normalized spacial score (nSPS) is 23.6. The molecule has 7 heteroatoms.